The lowest BCUT2D eigenvalue weighted by molar-refractivity contribution is -0.175. The van der Waals surface area contributed by atoms with Crippen LogP contribution in [-0.4, -0.2) is 75.2 Å². The minimum atomic E-state index is -2.82. The molecule has 5 fully saturated rings. The molecule has 7 aliphatic rings. The predicted octanol–water partition coefficient (Wildman–Crippen LogP) is 8.27. The summed E-state index contributed by atoms with van der Waals surface area (Å²) in [6, 6.07) is 5.72. The summed E-state index contributed by atoms with van der Waals surface area (Å²) in [4.78, 5) is 6.81. The van der Waals surface area contributed by atoms with Crippen LogP contribution in [0.4, 0.5) is 0 Å². The molecule has 4 saturated carbocycles. The van der Waals surface area contributed by atoms with Crippen molar-refractivity contribution in [2.45, 2.75) is 117 Å². The summed E-state index contributed by atoms with van der Waals surface area (Å²) in [5.74, 6) is 6.51. The molecule has 8 rings (SSSR count). The van der Waals surface area contributed by atoms with Crippen molar-refractivity contribution in [1.29, 1.82) is 0 Å². The van der Waals surface area contributed by atoms with E-state index in [1.807, 2.05) is 18.2 Å². The Hall–Kier alpha value is -1.90. The van der Waals surface area contributed by atoms with Crippen LogP contribution in [0.25, 0.3) is 0 Å². The lowest BCUT2D eigenvalue weighted by atomic mass is 9.37. The number of pyridine rings is 1. The maximum absolute atomic E-state index is 12.0. The average Bonchev–Trinajstić information content (AvgIpc) is 3.56. The van der Waals surface area contributed by atoms with Gasteiger partial charge in [0, 0.05) is 43.9 Å². The second-order valence-corrected chi connectivity index (χ2v) is 21.7. The van der Waals surface area contributed by atoms with E-state index >= 15 is 0 Å². The van der Waals surface area contributed by atoms with Gasteiger partial charge in [-0.3, -0.25) is 0 Å². The Bertz CT molecular complexity index is 1640. The molecule has 0 amide bonds. The monoisotopic (exact) mass is 733 g/mol. The number of methoxy groups -OCH3 is 1. The molecule has 0 spiro atoms. The fourth-order valence-electron chi connectivity index (χ4n) is 14.2. The third kappa shape index (κ3) is 6.50. The molecule has 1 aromatic rings. The zero-order valence-electron chi connectivity index (χ0n) is 32.9. The van der Waals surface area contributed by atoms with Gasteiger partial charge >= 0.3 is 0 Å². The van der Waals surface area contributed by atoms with E-state index in [0.717, 1.165) is 55.5 Å². The number of nitrogens with zero attached hydrogens (tertiary/aromatic N) is 2. The highest BCUT2D eigenvalue weighted by Gasteiger charge is 2.65. The fourth-order valence-corrected chi connectivity index (χ4v) is 15.5. The van der Waals surface area contributed by atoms with Gasteiger partial charge in [-0.05, 0) is 140 Å². The highest BCUT2D eigenvalue weighted by molar-refractivity contribution is 7.91. The van der Waals surface area contributed by atoms with E-state index in [4.69, 9.17) is 9.47 Å². The molecule has 1 aliphatic heterocycles. The largest absolute Gasteiger partial charge is 0.481 e. The van der Waals surface area contributed by atoms with Crippen LogP contribution in [-0.2, 0) is 9.84 Å². The molecule has 0 bridgehead atoms. The minimum Gasteiger partial charge on any atom is -0.481 e. The number of aromatic nitrogens is 1. The summed E-state index contributed by atoms with van der Waals surface area (Å²) in [6.45, 7) is 14.8. The average molecular weight is 734 g/mol. The van der Waals surface area contributed by atoms with E-state index in [1.54, 1.807) is 18.3 Å². The number of nitrogens with one attached hydrogen (secondary N) is 1. The molecular weight excluding hydrogens is 667 g/mol. The van der Waals surface area contributed by atoms with Crippen molar-refractivity contribution >= 4 is 9.84 Å². The minimum absolute atomic E-state index is 0.195. The zero-order chi connectivity index (χ0) is 36.4. The normalized spacial score (nSPS) is 41.0. The van der Waals surface area contributed by atoms with Crippen molar-refractivity contribution in [1.82, 2.24) is 15.2 Å². The maximum Gasteiger partial charge on any atom is 0.216 e. The topological polar surface area (TPSA) is 80.8 Å². The number of sulfone groups is 1. The number of fused-ring (bicyclic) bond motifs is 7. The highest BCUT2D eigenvalue weighted by atomic mass is 32.2. The molecule has 2 heterocycles. The number of allylic oxidation sites excluding steroid dienone is 4. The number of hydrogen-bond donors (Lipinski definition) is 1. The first kappa shape index (κ1) is 37.0. The molecule has 9 atom stereocenters. The Morgan fingerprint density at radius 2 is 1.69 bits per heavy atom. The smallest absolute Gasteiger partial charge is 0.216 e. The second-order valence-electron chi connectivity index (χ2n) is 19.4. The highest BCUT2D eigenvalue weighted by Crippen LogP contribution is 2.72. The lowest BCUT2D eigenvalue weighted by Gasteiger charge is -2.68. The first-order valence-electron chi connectivity index (χ1n) is 21.1. The summed E-state index contributed by atoms with van der Waals surface area (Å²) >= 11 is 0. The Morgan fingerprint density at radius 1 is 0.885 bits per heavy atom. The number of rotatable bonds is 9. The summed E-state index contributed by atoms with van der Waals surface area (Å²) in [5.41, 5.74) is 4.58. The van der Waals surface area contributed by atoms with Crippen LogP contribution in [0.5, 0.6) is 11.8 Å². The van der Waals surface area contributed by atoms with Gasteiger partial charge < -0.3 is 19.7 Å². The van der Waals surface area contributed by atoms with E-state index in [1.165, 1.54) is 70.6 Å². The molecule has 6 aliphatic carbocycles. The van der Waals surface area contributed by atoms with Gasteiger partial charge in [-0.2, -0.15) is 4.98 Å². The standard InChI is InChI=1S/C44H67N3O4S/c1-41(2)34(32-13-11-31(12-14-32)30-51-40-10-6-9-39(46-40)50-5)17-21-43(4)37(41)19-22-42(3)35-18-23-44(20-7-8-36(44)33(35)15-16-38(42)43)45-24-25-47-26-28-52(48,49)29-27-47/h6,9-10,13,17,31,33,35-38,45H,7-8,11-12,14-16,18-30H2,1-5H3/t31?,33?,35?,36-,37?,38?,42?,43?,44+/m1/s1. The molecule has 1 aromatic heterocycles. The van der Waals surface area contributed by atoms with Gasteiger partial charge in [-0.1, -0.05) is 52.3 Å². The van der Waals surface area contributed by atoms with Gasteiger partial charge in [0.15, 0.2) is 9.84 Å². The van der Waals surface area contributed by atoms with E-state index in [9.17, 15) is 8.42 Å². The number of hydrogen-bond acceptors (Lipinski definition) is 7. The molecule has 7 nitrogen and oxygen atoms in total. The van der Waals surface area contributed by atoms with Gasteiger partial charge in [0.05, 0.1) is 25.2 Å². The van der Waals surface area contributed by atoms with Gasteiger partial charge in [0.25, 0.3) is 0 Å². The van der Waals surface area contributed by atoms with Crippen LogP contribution in [0.1, 0.15) is 111 Å². The molecule has 8 heteroatoms. The Balaban J connectivity index is 0.922. The Morgan fingerprint density at radius 3 is 2.46 bits per heavy atom. The first-order chi connectivity index (χ1) is 24.9. The van der Waals surface area contributed by atoms with Gasteiger partial charge in [-0.15, -0.1) is 0 Å². The quantitative estimate of drug-likeness (QED) is 0.274. The SMILES string of the molecule is COc1cccc(OCC2CC=C(C3=CCC4(C)C(CCC5(C)C6CC[C@@]7(NCCN8CCS(=O)(=O)CC8)CCC[C@@H]7C6CCC54)C3(C)C)CC2)n1. The van der Waals surface area contributed by atoms with Crippen molar-refractivity contribution in [2.24, 2.45) is 51.8 Å². The Labute approximate surface area is 315 Å². The zero-order valence-corrected chi connectivity index (χ0v) is 33.7. The molecule has 1 saturated heterocycles. The van der Waals surface area contributed by atoms with Crippen molar-refractivity contribution < 1.29 is 17.9 Å². The Kier molecular flexibility index (Phi) is 9.97. The van der Waals surface area contributed by atoms with E-state index in [-0.39, 0.29) is 5.41 Å². The fraction of sp³-hybridized carbons (Fsp3) is 0.795. The van der Waals surface area contributed by atoms with Crippen LogP contribution < -0.4 is 14.8 Å². The van der Waals surface area contributed by atoms with Crippen LogP contribution in [0, 0.1) is 51.8 Å². The second kappa shape index (κ2) is 14.0. The summed E-state index contributed by atoms with van der Waals surface area (Å²) in [6.07, 6.45) is 22.4. The number of ether oxygens (including phenoxy) is 2. The van der Waals surface area contributed by atoms with Crippen molar-refractivity contribution in [2.75, 3.05) is 51.4 Å². The van der Waals surface area contributed by atoms with Gasteiger partial charge in [-0.25, -0.2) is 8.42 Å². The summed E-state index contributed by atoms with van der Waals surface area (Å²) < 4.78 is 35.3. The third-order valence-electron chi connectivity index (χ3n) is 16.7. The first-order valence-corrected chi connectivity index (χ1v) is 22.9. The summed E-state index contributed by atoms with van der Waals surface area (Å²) in [5, 5.41) is 4.18. The van der Waals surface area contributed by atoms with E-state index < -0.39 is 9.84 Å². The van der Waals surface area contributed by atoms with Crippen molar-refractivity contribution in [3.63, 3.8) is 0 Å². The molecular formula is C44H67N3O4S. The maximum atomic E-state index is 12.0. The van der Waals surface area contributed by atoms with Crippen LogP contribution in [0.2, 0.25) is 0 Å². The summed E-state index contributed by atoms with van der Waals surface area (Å²) in [7, 11) is -1.17. The molecule has 0 aromatic carbocycles. The van der Waals surface area contributed by atoms with Gasteiger partial charge in [0.2, 0.25) is 11.8 Å². The van der Waals surface area contributed by atoms with Gasteiger partial charge in [0.1, 0.15) is 0 Å². The molecule has 0 radical (unpaired) electrons. The van der Waals surface area contributed by atoms with Crippen molar-refractivity contribution in [3.05, 3.63) is 41.5 Å². The van der Waals surface area contributed by atoms with Crippen LogP contribution in [0.15, 0.2) is 41.5 Å². The van der Waals surface area contributed by atoms with Crippen LogP contribution >= 0.6 is 0 Å². The molecule has 288 valence electrons. The third-order valence-corrected chi connectivity index (χ3v) is 18.3. The molecule has 7 unspecified atom stereocenters. The van der Waals surface area contributed by atoms with Crippen molar-refractivity contribution in [3.8, 4) is 11.8 Å². The lowest BCUT2D eigenvalue weighted by Crippen LogP contribution is -2.64. The molecule has 1 N–H and O–H groups in total. The predicted molar refractivity (Wildman–Crippen MR) is 209 cm³/mol. The van der Waals surface area contributed by atoms with Crippen LogP contribution in [0.3, 0.4) is 0 Å². The van der Waals surface area contributed by atoms with E-state index in [0.29, 0.717) is 65.2 Å². The van der Waals surface area contributed by atoms with E-state index in [2.05, 4.69) is 55.0 Å². The molecule has 52 heavy (non-hydrogen) atoms.